The van der Waals surface area contributed by atoms with Crippen LogP contribution >= 0.6 is 0 Å². The number of phenolic OH excluding ortho intramolecular Hbond substituents is 1. The predicted molar refractivity (Wildman–Crippen MR) is 198 cm³/mol. The third-order valence-electron chi connectivity index (χ3n) is 10.1. The van der Waals surface area contributed by atoms with Crippen molar-refractivity contribution in [1.82, 2.24) is 0 Å². The largest absolute Gasteiger partial charge is 0.507 e. The van der Waals surface area contributed by atoms with Crippen molar-refractivity contribution < 1.29 is 28.9 Å². The predicted octanol–water partition coefficient (Wildman–Crippen LogP) is 9.18. The molecule has 2 aliphatic heterocycles. The number of aliphatic imine (C=N–C) groups is 1. The summed E-state index contributed by atoms with van der Waals surface area (Å²) >= 11 is 0. The van der Waals surface area contributed by atoms with Crippen LogP contribution in [0.25, 0.3) is 10.8 Å². The van der Waals surface area contributed by atoms with E-state index in [-0.39, 0.29) is 41.4 Å². The molecule has 2 heterocycles. The lowest BCUT2D eigenvalue weighted by Crippen LogP contribution is -2.61. The highest BCUT2D eigenvalue weighted by Gasteiger charge is 2.58. The number of likely N-dealkylation sites (N-methyl/N-ethyl adjacent to an activating group) is 1. The second-order valence-electron chi connectivity index (χ2n) is 16.1. The Bertz CT molecular complexity index is 1980. The van der Waals surface area contributed by atoms with Crippen LogP contribution in [0.2, 0.25) is 0 Å². The summed E-state index contributed by atoms with van der Waals surface area (Å²) in [6.45, 7) is 16.7. The van der Waals surface area contributed by atoms with Crippen LogP contribution in [-0.4, -0.2) is 36.0 Å². The number of hydrogen-bond donors (Lipinski definition) is 1. The maximum Gasteiger partial charge on any atom is 0.311 e. The number of fused-ring (bicyclic) bond motifs is 4. The lowest BCUT2D eigenvalue weighted by atomic mass is 9.77. The Balaban J connectivity index is 1.08. The Labute approximate surface area is 295 Å². The summed E-state index contributed by atoms with van der Waals surface area (Å²) in [5.74, 6) is 0.512. The molecule has 4 aromatic rings. The van der Waals surface area contributed by atoms with E-state index in [1.165, 1.54) is 5.56 Å². The average molecular weight is 677 g/mol. The van der Waals surface area contributed by atoms with E-state index in [1.807, 2.05) is 103 Å². The lowest BCUT2D eigenvalue weighted by molar-refractivity contribution is -0.145. The van der Waals surface area contributed by atoms with E-state index in [0.717, 1.165) is 33.2 Å². The molecule has 0 bridgehead atoms. The van der Waals surface area contributed by atoms with Crippen LogP contribution in [0.15, 0.2) is 71.7 Å². The fourth-order valence-corrected chi connectivity index (χ4v) is 7.13. The smallest absolute Gasteiger partial charge is 0.311 e. The number of ether oxygens (including phenoxy) is 3. The van der Waals surface area contributed by atoms with Gasteiger partial charge in [-0.25, -0.2) is 0 Å². The first-order chi connectivity index (χ1) is 23.4. The zero-order valence-corrected chi connectivity index (χ0v) is 30.6. The summed E-state index contributed by atoms with van der Waals surface area (Å²) in [6, 6.07) is 21.5. The normalized spacial score (nSPS) is 17.7. The van der Waals surface area contributed by atoms with E-state index in [4.69, 9.17) is 19.2 Å². The highest BCUT2D eigenvalue weighted by atomic mass is 16.5. The summed E-state index contributed by atoms with van der Waals surface area (Å²) in [7, 11) is 2.03. The van der Waals surface area contributed by atoms with Crippen LogP contribution in [0.1, 0.15) is 96.9 Å². The third kappa shape index (κ3) is 6.21. The first kappa shape index (κ1) is 35.0. The average Bonchev–Trinajstić information content (AvgIpc) is 3.20. The van der Waals surface area contributed by atoms with Gasteiger partial charge in [0.1, 0.15) is 29.5 Å². The number of hydrogen-bond acceptors (Lipinski definition) is 8. The Hall–Kier alpha value is -4.85. The van der Waals surface area contributed by atoms with Crippen molar-refractivity contribution in [2.45, 2.75) is 103 Å². The topological polar surface area (TPSA) is 97.7 Å². The Morgan fingerprint density at radius 3 is 2.18 bits per heavy atom. The number of benzene rings is 4. The molecule has 0 aliphatic carbocycles. The first-order valence-electron chi connectivity index (χ1n) is 17.3. The van der Waals surface area contributed by atoms with Crippen LogP contribution in [-0.2, 0) is 37.2 Å². The molecule has 0 saturated carbocycles. The van der Waals surface area contributed by atoms with Gasteiger partial charge in [0.25, 0.3) is 0 Å². The van der Waals surface area contributed by atoms with E-state index >= 15 is 0 Å². The number of phenols is 1. The maximum atomic E-state index is 12.8. The van der Waals surface area contributed by atoms with E-state index in [2.05, 4.69) is 30.9 Å². The first-order valence-corrected chi connectivity index (χ1v) is 17.3. The monoisotopic (exact) mass is 676 g/mol. The van der Waals surface area contributed by atoms with Crippen LogP contribution < -0.4 is 14.4 Å². The minimum atomic E-state index is -0.794. The van der Waals surface area contributed by atoms with E-state index < -0.39 is 17.7 Å². The number of rotatable bonds is 7. The van der Waals surface area contributed by atoms with Crippen molar-refractivity contribution in [1.29, 1.82) is 0 Å². The fraction of sp³-hybridized carbons (Fsp3) is 0.405. The molecule has 1 spiro atoms. The molecule has 0 amide bonds. The number of para-hydroxylation sites is 1. The molecular formula is C42H48N2O6. The van der Waals surface area contributed by atoms with Gasteiger partial charge in [0.2, 0.25) is 5.72 Å². The quantitative estimate of drug-likeness (QED) is 0.154. The Morgan fingerprint density at radius 1 is 0.880 bits per heavy atom. The molecule has 1 unspecified atom stereocenters. The molecule has 0 fully saturated rings. The minimum absolute atomic E-state index is 0.0628. The minimum Gasteiger partial charge on any atom is -0.507 e. The second kappa shape index (κ2) is 12.5. The molecule has 4 aromatic carbocycles. The van der Waals surface area contributed by atoms with Gasteiger partial charge in [-0.05, 0) is 95.1 Å². The van der Waals surface area contributed by atoms with Crippen molar-refractivity contribution in [3.05, 3.63) is 89.0 Å². The molecule has 0 aromatic heterocycles. The number of anilines is 1. The molecule has 50 heavy (non-hydrogen) atoms. The molecule has 0 radical (unpaired) electrons. The number of esters is 2. The summed E-state index contributed by atoms with van der Waals surface area (Å²) in [4.78, 5) is 32.6. The van der Waals surface area contributed by atoms with Gasteiger partial charge in [-0.15, -0.1) is 0 Å². The number of aromatic hydroxyl groups is 1. The highest BCUT2D eigenvalue weighted by Crippen LogP contribution is 2.54. The van der Waals surface area contributed by atoms with Crippen molar-refractivity contribution in [2.75, 3.05) is 11.9 Å². The zero-order chi connectivity index (χ0) is 36.2. The van der Waals surface area contributed by atoms with E-state index in [1.54, 1.807) is 6.07 Å². The van der Waals surface area contributed by atoms with Crippen LogP contribution in [0.4, 0.5) is 11.4 Å². The SMILES string of the molecule is CN1c2ccccc2C(C)(C)C12C=Nc1c(ccc3ccc(OC(=O)CCCC(=O)OCc4cc(C(C)(C)C)c(O)c(C(C)(C)C)c4)cc13)O2. The molecular weight excluding hydrogens is 628 g/mol. The molecule has 1 N–H and O–H groups in total. The molecule has 0 saturated heterocycles. The van der Waals surface area contributed by atoms with Gasteiger partial charge < -0.3 is 24.2 Å². The molecule has 1 atom stereocenters. The Kier molecular flexibility index (Phi) is 8.74. The van der Waals surface area contributed by atoms with Gasteiger partial charge >= 0.3 is 11.9 Å². The van der Waals surface area contributed by atoms with Crippen molar-refractivity contribution >= 4 is 40.3 Å². The van der Waals surface area contributed by atoms with E-state index in [9.17, 15) is 14.7 Å². The van der Waals surface area contributed by atoms with Gasteiger partial charge in [-0.2, -0.15) is 0 Å². The third-order valence-corrected chi connectivity index (χ3v) is 10.1. The van der Waals surface area contributed by atoms with Gasteiger partial charge in [-0.3, -0.25) is 14.6 Å². The van der Waals surface area contributed by atoms with Gasteiger partial charge in [0.05, 0.1) is 11.6 Å². The van der Waals surface area contributed by atoms with Gasteiger partial charge in [0.15, 0.2) is 0 Å². The summed E-state index contributed by atoms with van der Waals surface area (Å²) < 4.78 is 18.1. The summed E-state index contributed by atoms with van der Waals surface area (Å²) in [6.07, 6.45) is 2.33. The second-order valence-corrected chi connectivity index (χ2v) is 16.1. The lowest BCUT2D eigenvalue weighted by Gasteiger charge is -2.45. The maximum absolute atomic E-state index is 12.8. The molecule has 6 rings (SSSR count). The zero-order valence-electron chi connectivity index (χ0n) is 30.6. The standard InChI is InChI=1S/C42H48N2O6/c1-39(2,3)31-21-26(22-32(38(31)47)40(4,5)6)24-48-35(45)15-12-16-36(46)49-28-19-17-27-18-20-34-37(29(27)23-28)43-25-42(50-34)41(7,8)30-13-10-11-14-33(30)44(42)9/h10-11,13-14,17-23,25,47H,12,15-16,24H2,1-9H3. The van der Waals surface area contributed by atoms with E-state index in [0.29, 0.717) is 23.6 Å². The Morgan fingerprint density at radius 2 is 1.52 bits per heavy atom. The number of carbonyl (C=O) groups is 2. The summed E-state index contributed by atoms with van der Waals surface area (Å²) in [5, 5.41) is 12.7. The van der Waals surface area contributed by atoms with Crippen LogP contribution in [0.3, 0.4) is 0 Å². The molecule has 262 valence electrons. The molecule has 8 nitrogen and oxygen atoms in total. The molecule has 2 aliphatic rings. The van der Waals surface area contributed by atoms with Gasteiger partial charge in [0, 0.05) is 31.0 Å². The number of carbonyl (C=O) groups excluding carboxylic acids is 2. The van der Waals surface area contributed by atoms with Crippen molar-refractivity contribution in [3.63, 3.8) is 0 Å². The van der Waals surface area contributed by atoms with Crippen molar-refractivity contribution in [2.24, 2.45) is 4.99 Å². The fourth-order valence-electron chi connectivity index (χ4n) is 7.13. The number of nitrogens with zero attached hydrogens (tertiary/aromatic N) is 2. The van der Waals surface area contributed by atoms with Crippen molar-refractivity contribution in [3.8, 4) is 17.2 Å². The highest BCUT2D eigenvalue weighted by molar-refractivity contribution is 6.00. The summed E-state index contributed by atoms with van der Waals surface area (Å²) in [5.41, 5.74) is 3.71. The van der Waals surface area contributed by atoms with Crippen LogP contribution in [0.5, 0.6) is 17.2 Å². The van der Waals surface area contributed by atoms with Gasteiger partial charge in [-0.1, -0.05) is 71.9 Å². The molecule has 8 heteroatoms. The van der Waals surface area contributed by atoms with Crippen LogP contribution in [0, 0.1) is 0 Å².